The number of methoxy groups -OCH3 is 2. The Balaban J connectivity index is 1.50. The van der Waals surface area contributed by atoms with Crippen LogP contribution in [0.1, 0.15) is 12.2 Å². The zero-order valence-corrected chi connectivity index (χ0v) is 14.1. The van der Waals surface area contributed by atoms with Gasteiger partial charge in [-0.25, -0.2) is 0 Å². The Morgan fingerprint density at radius 2 is 2.04 bits per heavy atom. The van der Waals surface area contributed by atoms with Crippen molar-refractivity contribution in [1.82, 2.24) is 10.1 Å². The Hall–Kier alpha value is -2.27. The van der Waals surface area contributed by atoms with Crippen LogP contribution >= 0.6 is 0 Å². The van der Waals surface area contributed by atoms with Crippen LogP contribution in [0.3, 0.4) is 0 Å². The second-order valence-corrected chi connectivity index (χ2v) is 6.52. The monoisotopic (exact) mass is 326 g/mol. The first-order valence-electron chi connectivity index (χ1n) is 8.36. The molecule has 5 nitrogen and oxygen atoms in total. The minimum absolute atomic E-state index is 0.647. The molecule has 0 radical (unpaired) electrons. The van der Waals surface area contributed by atoms with Crippen LogP contribution < -0.4 is 9.47 Å². The quantitative estimate of drug-likeness (QED) is 0.843. The molecule has 2 aliphatic rings. The summed E-state index contributed by atoms with van der Waals surface area (Å²) < 4.78 is 16.1. The minimum atomic E-state index is 0.647. The Bertz CT molecular complexity index is 753. The Kier molecular flexibility index (Phi) is 4.02. The van der Waals surface area contributed by atoms with E-state index in [9.17, 15) is 0 Å². The predicted molar refractivity (Wildman–Crippen MR) is 92.1 cm³/mol. The van der Waals surface area contributed by atoms with Crippen LogP contribution in [-0.4, -0.2) is 43.9 Å². The molecule has 2 saturated heterocycles. The number of benzene rings is 1. The fourth-order valence-corrected chi connectivity index (χ4v) is 3.76. The van der Waals surface area contributed by atoms with Gasteiger partial charge in [-0.1, -0.05) is 11.2 Å². The molecule has 0 spiro atoms. The molecule has 2 bridgehead atoms. The number of rotatable bonds is 5. The largest absolute Gasteiger partial charge is 0.493 e. The van der Waals surface area contributed by atoms with Gasteiger partial charge < -0.3 is 18.9 Å². The van der Waals surface area contributed by atoms with Gasteiger partial charge >= 0.3 is 0 Å². The van der Waals surface area contributed by atoms with Gasteiger partial charge in [-0.2, -0.15) is 0 Å². The molecule has 3 heterocycles. The van der Waals surface area contributed by atoms with E-state index in [2.05, 4.69) is 22.2 Å². The number of piperidine rings is 1. The highest BCUT2D eigenvalue weighted by molar-refractivity contribution is 5.65. The van der Waals surface area contributed by atoms with Crippen LogP contribution in [0.2, 0.25) is 0 Å². The number of aromatic nitrogens is 1. The highest BCUT2D eigenvalue weighted by Crippen LogP contribution is 2.35. The molecule has 2 fully saturated rings. The maximum Gasteiger partial charge on any atom is 0.161 e. The fraction of sp³-hybridized carbons (Fsp3) is 0.421. The van der Waals surface area contributed by atoms with Crippen LogP contribution in [-0.2, 0) is 0 Å². The van der Waals surface area contributed by atoms with Gasteiger partial charge in [-0.3, -0.25) is 0 Å². The first-order valence-corrected chi connectivity index (χ1v) is 8.36. The van der Waals surface area contributed by atoms with Crippen LogP contribution in [0, 0.1) is 11.8 Å². The maximum atomic E-state index is 5.47. The molecule has 3 unspecified atom stereocenters. The summed E-state index contributed by atoms with van der Waals surface area (Å²) in [7, 11) is 3.26. The third-order valence-corrected chi connectivity index (χ3v) is 5.10. The van der Waals surface area contributed by atoms with E-state index >= 15 is 0 Å². The zero-order chi connectivity index (χ0) is 16.5. The molecule has 0 N–H and O–H groups in total. The molecule has 1 aromatic heterocycles. The van der Waals surface area contributed by atoms with E-state index in [1.54, 1.807) is 14.2 Å². The normalized spacial score (nSPS) is 25.5. The van der Waals surface area contributed by atoms with Crippen molar-refractivity contribution in [3.8, 4) is 22.8 Å². The van der Waals surface area contributed by atoms with Crippen LogP contribution in [0.5, 0.6) is 11.5 Å². The summed E-state index contributed by atoms with van der Waals surface area (Å²) in [6.07, 6.45) is 5.66. The summed E-state index contributed by atoms with van der Waals surface area (Å²) in [6, 6.07) is 7.70. The van der Waals surface area contributed by atoms with Gasteiger partial charge in [-0.05, 0) is 49.1 Å². The molecule has 24 heavy (non-hydrogen) atoms. The van der Waals surface area contributed by atoms with Gasteiger partial charge in [0.2, 0.25) is 0 Å². The lowest BCUT2D eigenvalue weighted by molar-refractivity contribution is 0.334. The summed E-state index contributed by atoms with van der Waals surface area (Å²) >= 11 is 0. The van der Waals surface area contributed by atoms with Crippen molar-refractivity contribution in [3.63, 3.8) is 0 Å². The van der Waals surface area contributed by atoms with E-state index in [1.807, 2.05) is 24.3 Å². The standard InChI is InChI=1S/C19H22N2O3/c1-22-18-6-4-13(9-19(18)23-2)17-10-16(24-20-17)5-3-14-11-21-8-7-15(14)12-21/h3-6,9-10,14-15H,7-8,11-12H2,1-2H3. The number of hydrogen-bond donors (Lipinski definition) is 0. The second-order valence-electron chi connectivity index (χ2n) is 6.52. The maximum absolute atomic E-state index is 5.47. The molecule has 1 aromatic carbocycles. The summed E-state index contributed by atoms with van der Waals surface area (Å²) in [4.78, 5) is 2.54. The van der Waals surface area contributed by atoms with Crippen molar-refractivity contribution in [1.29, 1.82) is 0 Å². The smallest absolute Gasteiger partial charge is 0.161 e. The number of nitrogens with zero attached hydrogens (tertiary/aromatic N) is 2. The second kappa shape index (κ2) is 6.32. The van der Waals surface area contributed by atoms with Gasteiger partial charge in [-0.15, -0.1) is 0 Å². The highest BCUT2D eigenvalue weighted by Gasteiger charge is 2.36. The van der Waals surface area contributed by atoms with Crippen molar-refractivity contribution in [2.24, 2.45) is 11.8 Å². The van der Waals surface area contributed by atoms with Crippen LogP contribution in [0.25, 0.3) is 17.3 Å². The lowest BCUT2D eigenvalue weighted by atomic mass is 9.92. The van der Waals surface area contributed by atoms with Gasteiger partial charge in [0, 0.05) is 24.7 Å². The molecule has 3 atom stereocenters. The van der Waals surface area contributed by atoms with Crippen molar-refractivity contribution in [2.75, 3.05) is 33.9 Å². The molecule has 0 aliphatic carbocycles. The molecule has 4 rings (SSSR count). The highest BCUT2D eigenvalue weighted by atomic mass is 16.5. The molecule has 126 valence electrons. The van der Waals surface area contributed by atoms with E-state index in [4.69, 9.17) is 14.0 Å². The number of fused-ring (bicyclic) bond motifs is 2. The van der Waals surface area contributed by atoms with Crippen molar-refractivity contribution in [3.05, 3.63) is 36.1 Å². The van der Waals surface area contributed by atoms with E-state index < -0.39 is 0 Å². The van der Waals surface area contributed by atoms with E-state index in [1.165, 1.54) is 26.1 Å². The Morgan fingerprint density at radius 1 is 1.17 bits per heavy atom. The summed E-state index contributed by atoms with van der Waals surface area (Å²) in [6.45, 7) is 3.70. The van der Waals surface area contributed by atoms with Crippen LogP contribution in [0.15, 0.2) is 34.9 Å². The van der Waals surface area contributed by atoms with Crippen LogP contribution in [0.4, 0.5) is 0 Å². The average Bonchev–Trinajstić information content (AvgIpc) is 3.35. The lowest BCUT2D eigenvalue weighted by Gasteiger charge is -2.18. The van der Waals surface area contributed by atoms with E-state index in [0.29, 0.717) is 17.4 Å². The predicted octanol–water partition coefficient (Wildman–Crippen LogP) is 3.32. The summed E-state index contributed by atoms with van der Waals surface area (Å²) in [5.74, 6) is 3.64. The van der Waals surface area contributed by atoms with Gasteiger partial charge in [0.05, 0.1) is 14.2 Å². The molecule has 2 aliphatic heterocycles. The topological polar surface area (TPSA) is 47.7 Å². The Morgan fingerprint density at radius 3 is 2.75 bits per heavy atom. The minimum Gasteiger partial charge on any atom is -0.493 e. The lowest BCUT2D eigenvalue weighted by Crippen LogP contribution is -2.21. The summed E-state index contributed by atoms with van der Waals surface area (Å²) in [5.41, 5.74) is 1.74. The number of hydrogen-bond acceptors (Lipinski definition) is 5. The molecule has 0 saturated carbocycles. The first kappa shape index (κ1) is 15.3. The van der Waals surface area contributed by atoms with E-state index in [0.717, 1.165) is 22.9 Å². The molecule has 5 heteroatoms. The molecular weight excluding hydrogens is 304 g/mol. The number of ether oxygens (including phenoxy) is 2. The SMILES string of the molecule is COc1ccc(-c2cc(C=CC3CN4CCC3C4)on2)cc1OC. The average molecular weight is 326 g/mol. The van der Waals surface area contributed by atoms with Crippen molar-refractivity contribution < 1.29 is 14.0 Å². The van der Waals surface area contributed by atoms with Gasteiger partial charge in [0.25, 0.3) is 0 Å². The third-order valence-electron chi connectivity index (χ3n) is 5.10. The van der Waals surface area contributed by atoms with Crippen molar-refractivity contribution >= 4 is 6.08 Å². The zero-order valence-electron chi connectivity index (χ0n) is 14.1. The Labute approximate surface area is 141 Å². The fourth-order valence-electron chi connectivity index (χ4n) is 3.76. The summed E-state index contributed by atoms with van der Waals surface area (Å²) in [5, 5.41) is 4.18. The van der Waals surface area contributed by atoms with Gasteiger partial charge in [0.15, 0.2) is 17.3 Å². The molecule has 2 aromatic rings. The third kappa shape index (κ3) is 2.80. The first-order chi connectivity index (χ1) is 11.8. The van der Waals surface area contributed by atoms with Gasteiger partial charge in [0.1, 0.15) is 5.69 Å². The van der Waals surface area contributed by atoms with Crippen molar-refractivity contribution in [2.45, 2.75) is 6.42 Å². The molecule has 0 amide bonds. The molecular formula is C19H22N2O3. The van der Waals surface area contributed by atoms with E-state index in [-0.39, 0.29) is 0 Å².